The molecule has 0 aliphatic carbocycles. The Labute approximate surface area is 126 Å². The zero-order valence-electron chi connectivity index (χ0n) is 12.2. The van der Waals surface area contributed by atoms with Crippen molar-refractivity contribution in [1.82, 2.24) is 9.97 Å². The fourth-order valence-electron chi connectivity index (χ4n) is 2.34. The third kappa shape index (κ3) is 2.61. The number of fused-ring (bicyclic) bond motifs is 1. The van der Waals surface area contributed by atoms with Crippen molar-refractivity contribution in [2.75, 3.05) is 11.9 Å². The van der Waals surface area contributed by atoms with Gasteiger partial charge in [0.25, 0.3) is 0 Å². The van der Waals surface area contributed by atoms with Gasteiger partial charge in [-0.2, -0.15) is 0 Å². The van der Waals surface area contributed by atoms with E-state index in [1.165, 1.54) is 17.0 Å². The molecule has 5 heteroatoms. The summed E-state index contributed by atoms with van der Waals surface area (Å²) in [6.45, 7) is 6.77. The summed E-state index contributed by atoms with van der Waals surface area (Å²) in [5.41, 5.74) is 1.70. The van der Waals surface area contributed by atoms with Gasteiger partial charge >= 0.3 is 0 Å². The molecule has 0 bridgehead atoms. The van der Waals surface area contributed by atoms with Crippen LogP contribution in [0.3, 0.4) is 0 Å². The molecule has 21 heavy (non-hydrogen) atoms. The highest BCUT2D eigenvalue weighted by Crippen LogP contribution is 2.31. The van der Waals surface area contributed by atoms with Gasteiger partial charge in [-0.25, -0.2) is 14.4 Å². The Balaban J connectivity index is 2.22. The molecular formula is C16H16FN3S. The fourth-order valence-corrected chi connectivity index (χ4v) is 3.22. The molecule has 0 saturated carbocycles. The molecule has 0 fully saturated rings. The average molecular weight is 301 g/mol. The van der Waals surface area contributed by atoms with E-state index in [4.69, 9.17) is 0 Å². The number of benzene rings is 1. The second kappa shape index (κ2) is 5.41. The number of hydrogen-bond donors (Lipinski definition) is 1. The van der Waals surface area contributed by atoms with E-state index in [2.05, 4.69) is 28.3 Å². The molecule has 0 atom stereocenters. The first kappa shape index (κ1) is 13.9. The van der Waals surface area contributed by atoms with E-state index in [0.29, 0.717) is 5.82 Å². The quantitative estimate of drug-likeness (QED) is 0.771. The first-order valence-corrected chi connectivity index (χ1v) is 7.68. The van der Waals surface area contributed by atoms with E-state index in [1.54, 1.807) is 17.4 Å². The standard InChI is InChI=1S/C16H16FN3S/c1-4-18-14-13-8-10(3)21-16(13)20-15(19-14)12-6-5-11(17)7-9(12)2/h5-8H,4H2,1-3H3,(H,18,19,20). The van der Waals surface area contributed by atoms with Crippen LogP contribution in [-0.4, -0.2) is 16.5 Å². The topological polar surface area (TPSA) is 37.8 Å². The number of nitrogens with zero attached hydrogens (tertiary/aromatic N) is 2. The monoisotopic (exact) mass is 301 g/mol. The van der Waals surface area contributed by atoms with Crippen LogP contribution in [-0.2, 0) is 0 Å². The molecule has 1 N–H and O–H groups in total. The molecule has 0 aliphatic heterocycles. The minimum atomic E-state index is -0.240. The van der Waals surface area contributed by atoms with Gasteiger partial charge in [0.2, 0.25) is 0 Å². The van der Waals surface area contributed by atoms with Crippen molar-refractivity contribution in [2.45, 2.75) is 20.8 Å². The van der Waals surface area contributed by atoms with E-state index in [0.717, 1.165) is 33.7 Å². The molecule has 0 unspecified atom stereocenters. The van der Waals surface area contributed by atoms with Gasteiger partial charge in [-0.15, -0.1) is 11.3 Å². The molecule has 0 saturated heterocycles. The number of aryl methyl sites for hydroxylation is 2. The summed E-state index contributed by atoms with van der Waals surface area (Å²) in [5, 5.41) is 4.33. The van der Waals surface area contributed by atoms with Crippen LogP contribution in [0.1, 0.15) is 17.4 Å². The number of nitrogens with one attached hydrogen (secondary N) is 1. The first-order chi connectivity index (χ1) is 10.1. The van der Waals surface area contributed by atoms with Gasteiger partial charge in [-0.3, -0.25) is 0 Å². The Morgan fingerprint density at radius 1 is 1.19 bits per heavy atom. The first-order valence-electron chi connectivity index (χ1n) is 6.87. The van der Waals surface area contributed by atoms with Crippen molar-refractivity contribution in [2.24, 2.45) is 0 Å². The van der Waals surface area contributed by atoms with Gasteiger partial charge in [-0.1, -0.05) is 0 Å². The SMILES string of the molecule is CCNc1nc(-c2ccc(F)cc2C)nc2sc(C)cc12. The number of anilines is 1. The molecular weight excluding hydrogens is 285 g/mol. The number of thiophene rings is 1. The van der Waals surface area contributed by atoms with Gasteiger partial charge in [0.1, 0.15) is 16.5 Å². The molecule has 0 radical (unpaired) electrons. The van der Waals surface area contributed by atoms with E-state index in [1.807, 2.05) is 13.8 Å². The van der Waals surface area contributed by atoms with E-state index < -0.39 is 0 Å². The second-order valence-corrected chi connectivity index (χ2v) is 6.20. The van der Waals surface area contributed by atoms with Crippen LogP contribution in [0.25, 0.3) is 21.6 Å². The molecule has 3 aromatic rings. The summed E-state index contributed by atoms with van der Waals surface area (Å²) in [6.07, 6.45) is 0. The molecule has 2 aromatic heterocycles. The lowest BCUT2D eigenvalue weighted by atomic mass is 10.1. The number of rotatable bonds is 3. The van der Waals surface area contributed by atoms with Crippen molar-refractivity contribution in [3.05, 3.63) is 40.5 Å². The molecule has 1 aromatic carbocycles. The van der Waals surface area contributed by atoms with E-state index in [-0.39, 0.29) is 5.82 Å². The third-order valence-electron chi connectivity index (χ3n) is 3.29. The Morgan fingerprint density at radius 3 is 2.71 bits per heavy atom. The van der Waals surface area contributed by atoms with Crippen LogP contribution in [0.5, 0.6) is 0 Å². The van der Waals surface area contributed by atoms with Gasteiger partial charge in [0, 0.05) is 17.0 Å². The van der Waals surface area contributed by atoms with E-state index in [9.17, 15) is 4.39 Å². The normalized spacial score (nSPS) is 11.0. The van der Waals surface area contributed by atoms with Crippen molar-refractivity contribution in [3.8, 4) is 11.4 Å². The highest BCUT2D eigenvalue weighted by Gasteiger charge is 2.13. The summed E-state index contributed by atoms with van der Waals surface area (Å²) in [6, 6.07) is 6.79. The lowest BCUT2D eigenvalue weighted by molar-refractivity contribution is 0.627. The maximum atomic E-state index is 13.3. The van der Waals surface area contributed by atoms with Crippen LogP contribution < -0.4 is 5.32 Å². The zero-order chi connectivity index (χ0) is 15.0. The van der Waals surface area contributed by atoms with Crippen molar-refractivity contribution < 1.29 is 4.39 Å². The summed E-state index contributed by atoms with van der Waals surface area (Å²) in [5.74, 6) is 1.24. The van der Waals surface area contributed by atoms with Crippen LogP contribution in [0, 0.1) is 19.7 Å². The average Bonchev–Trinajstić information content (AvgIpc) is 2.79. The smallest absolute Gasteiger partial charge is 0.163 e. The largest absolute Gasteiger partial charge is 0.370 e. The Bertz CT molecular complexity index is 811. The van der Waals surface area contributed by atoms with Crippen molar-refractivity contribution in [1.29, 1.82) is 0 Å². The van der Waals surface area contributed by atoms with Crippen LogP contribution >= 0.6 is 11.3 Å². The highest BCUT2D eigenvalue weighted by atomic mass is 32.1. The van der Waals surface area contributed by atoms with Crippen LogP contribution in [0.2, 0.25) is 0 Å². The van der Waals surface area contributed by atoms with Crippen LogP contribution in [0.4, 0.5) is 10.2 Å². The fraction of sp³-hybridized carbons (Fsp3) is 0.250. The molecule has 3 rings (SSSR count). The Hall–Kier alpha value is -2.01. The van der Waals surface area contributed by atoms with Gasteiger partial charge < -0.3 is 5.32 Å². The van der Waals surface area contributed by atoms with Crippen molar-refractivity contribution >= 4 is 27.4 Å². The van der Waals surface area contributed by atoms with E-state index >= 15 is 0 Å². The second-order valence-electron chi connectivity index (χ2n) is 4.96. The maximum absolute atomic E-state index is 13.3. The minimum Gasteiger partial charge on any atom is -0.370 e. The summed E-state index contributed by atoms with van der Waals surface area (Å²) >= 11 is 1.64. The zero-order valence-corrected chi connectivity index (χ0v) is 13.0. The number of hydrogen-bond acceptors (Lipinski definition) is 4. The highest BCUT2D eigenvalue weighted by molar-refractivity contribution is 7.18. The lowest BCUT2D eigenvalue weighted by Crippen LogP contribution is -2.02. The summed E-state index contributed by atoms with van der Waals surface area (Å²) < 4.78 is 13.3. The summed E-state index contributed by atoms with van der Waals surface area (Å²) in [4.78, 5) is 11.4. The molecule has 0 spiro atoms. The molecule has 0 aliphatic rings. The maximum Gasteiger partial charge on any atom is 0.163 e. The van der Waals surface area contributed by atoms with Crippen molar-refractivity contribution in [3.63, 3.8) is 0 Å². The minimum absolute atomic E-state index is 0.240. The number of aromatic nitrogens is 2. The predicted molar refractivity (Wildman–Crippen MR) is 86.4 cm³/mol. The Kier molecular flexibility index (Phi) is 3.59. The van der Waals surface area contributed by atoms with Crippen LogP contribution in [0.15, 0.2) is 24.3 Å². The van der Waals surface area contributed by atoms with Gasteiger partial charge in [-0.05, 0) is 50.6 Å². The molecule has 108 valence electrons. The lowest BCUT2D eigenvalue weighted by Gasteiger charge is -2.09. The third-order valence-corrected chi connectivity index (χ3v) is 4.23. The summed E-state index contributed by atoms with van der Waals surface area (Å²) in [7, 11) is 0. The molecule has 2 heterocycles. The molecule has 3 nitrogen and oxygen atoms in total. The predicted octanol–water partition coefficient (Wildman–Crippen LogP) is 4.55. The number of halogens is 1. The van der Waals surface area contributed by atoms with Gasteiger partial charge in [0.15, 0.2) is 5.82 Å². The van der Waals surface area contributed by atoms with Gasteiger partial charge in [0.05, 0.1) is 5.39 Å². The molecule has 0 amide bonds. The Morgan fingerprint density at radius 2 is 2.00 bits per heavy atom.